The monoisotopic (exact) mass is 1030 g/mol. The van der Waals surface area contributed by atoms with Gasteiger partial charge in [0.2, 0.25) is 0 Å². The van der Waals surface area contributed by atoms with Crippen molar-refractivity contribution >= 4 is 51.2 Å². The SMILES string of the molecule is C[C@H](CNC(=O)C1=Nc2cc3c(-c4ccncc4)nn(C(c4ccccc4)(c4ccccc4)c4ccccc4)c3cc2C1)c1ccccc1.C[C@H](CNC(=O)C1=Nc2cc3c(cc2C1)CN=C3c1ccncc1)c1ccccc1. The Bertz CT molecular complexity index is 3830. The molecule has 386 valence electrons. The van der Waals surface area contributed by atoms with Crippen LogP contribution in [-0.2, 0) is 34.5 Å². The summed E-state index contributed by atoms with van der Waals surface area (Å²) in [6.45, 7) is 6.03. The van der Waals surface area contributed by atoms with Gasteiger partial charge >= 0.3 is 0 Å². The van der Waals surface area contributed by atoms with Gasteiger partial charge in [-0.2, -0.15) is 5.10 Å². The fourth-order valence-corrected chi connectivity index (χ4v) is 11.1. The largest absolute Gasteiger partial charge is 0.350 e. The number of rotatable bonds is 14. The summed E-state index contributed by atoms with van der Waals surface area (Å²) in [6.07, 6.45) is 8.16. The van der Waals surface area contributed by atoms with Crippen molar-refractivity contribution in [3.8, 4) is 11.3 Å². The minimum atomic E-state index is -0.811. The van der Waals surface area contributed by atoms with Crippen molar-refractivity contribution < 1.29 is 9.59 Å². The van der Waals surface area contributed by atoms with Crippen LogP contribution in [0.3, 0.4) is 0 Å². The van der Waals surface area contributed by atoms with Crippen LogP contribution >= 0.6 is 0 Å². The highest BCUT2D eigenvalue weighted by atomic mass is 16.2. The lowest BCUT2D eigenvalue weighted by atomic mass is 9.77. The second-order valence-corrected chi connectivity index (χ2v) is 20.4. The molecular formula is C68H57N9O2. The third-order valence-electron chi connectivity index (χ3n) is 15.3. The number of carbonyl (C=O) groups is 2. The van der Waals surface area contributed by atoms with E-state index < -0.39 is 5.54 Å². The van der Waals surface area contributed by atoms with Crippen molar-refractivity contribution in [3.05, 3.63) is 281 Å². The van der Waals surface area contributed by atoms with Crippen LogP contribution in [0.4, 0.5) is 11.4 Å². The van der Waals surface area contributed by atoms with E-state index in [0.29, 0.717) is 43.9 Å². The molecule has 2 amide bonds. The molecule has 7 aromatic carbocycles. The van der Waals surface area contributed by atoms with Crippen molar-refractivity contribution in [1.82, 2.24) is 30.4 Å². The molecule has 79 heavy (non-hydrogen) atoms. The van der Waals surface area contributed by atoms with Gasteiger partial charge in [0.15, 0.2) is 0 Å². The minimum Gasteiger partial charge on any atom is -0.350 e. The fraction of sp³-hybridized carbons (Fsp3) is 0.147. The molecule has 10 aromatic rings. The molecule has 3 aliphatic heterocycles. The molecule has 11 nitrogen and oxygen atoms in total. The van der Waals surface area contributed by atoms with Gasteiger partial charge in [0, 0.05) is 72.8 Å². The van der Waals surface area contributed by atoms with E-state index in [-0.39, 0.29) is 23.7 Å². The lowest BCUT2D eigenvalue weighted by Gasteiger charge is -2.37. The molecule has 6 heterocycles. The summed E-state index contributed by atoms with van der Waals surface area (Å²) in [5.41, 5.74) is 16.8. The summed E-state index contributed by atoms with van der Waals surface area (Å²) < 4.78 is 2.18. The third-order valence-corrected chi connectivity index (χ3v) is 15.3. The number of nitrogens with zero attached hydrogens (tertiary/aromatic N) is 7. The molecule has 0 radical (unpaired) electrons. The maximum Gasteiger partial charge on any atom is 0.266 e. The van der Waals surface area contributed by atoms with Gasteiger partial charge in [0.1, 0.15) is 22.7 Å². The highest BCUT2D eigenvalue weighted by molar-refractivity contribution is 6.41. The molecule has 2 N–H and O–H groups in total. The first-order valence-electron chi connectivity index (χ1n) is 26.9. The number of aliphatic imine (C=N–C) groups is 3. The zero-order valence-electron chi connectivity index (χ0n) is 44.0. The molecule has 0 unspecified atom stereocenters. The van der Waals surface area contributed by atoms with Crippen LogP contribution in [0.25, 0.3) is 22.2 Å². The molecule has 0 saturated carbocycles. The highest BCUT2D eigenvalue weighted by Crippen LogP contribution is 2.46. The van der Waals surface area contributed by atoms with Gasteiger partial charge in [-0.3, -0.25) is 24.5 Å². The first-order valence-corrected chi connectivity index (χ1v) is 26.9. The zero-order chi connectivity index (χ0) is 53.7. The number of aromatic nitrogens is 4. The summed E-state index contributed by atoms with van der Waals surface area (Å²) in [6, 6.07) is 68.6. The molecule has 13 rings (SSSR count). The summed E-state index contributed by atoms with van der Waals surface area (Å²) in [4.78, 5) is 48.8. The molecule has 0 saturated heterocycles. The van der Waals surface area contributed by atoms with Gasteiger partial charge in [-0.15, -0.1) is 0 Å². The van der Waals surface area contributed by atoms with Crippen LogP contribution in [-0.4, -0.2) is 61.8 Å². The summed E-state index contributed by atoms with van der Waals surface area (Å²) in [5, 5.41) is 12.6. The third kappa shape index (κ3) is 9.98. The van der Waals surface area contributed by atoms with Gasteiger partial charge in [-0.05, 0) is 98.8 Å². The average Bonchev–Trinajstić information content (AvgIpc) is 4.53. The number of hydrogen-bond acceptors (Lipinski definition) is 8. The molecule has 3 aliphatic rings. The number of amides is 2. The maximum atomic E-state index is 13.5. The average molecular weight is 1030 g/mol. The molecule has 2 atom stereocenters. The Kier molecular flexibility index (Phi) is 14.0. The van der Waals surface area contributed by atoms with Crippen molar-refractivity contribution in [2.75, 3.05) is 13.1 Å². The normalized spacial score (nSPS) is 13.9. The number of fused-ring (bicyclic) bond motifs is 4. The van der Waals surface area contributed by atoms with Crippen LogP contribution in [0.1, 0.15) is 81.3 Å². The van der Waals surface area contributed by atoms with Crippen LogP contribution < -0.4 is 10.6 Å². The van der Waals surface area contributed by atoms with Crippen molar-refractivity contribution in [1.29, 1.82) is 0 Å². The van der Waals surface area contributed by atoms with Crippen LogP contribution in [0.2, 0.25) is 0 Å². The number of nitrogens with one attached hydrogen (secondary N) is 2. The Labute approximate surface area is 459 Å². The predicted octanol–water partition coefficient (Wildman–Crippen LogP) is 12.5. The topological polar surface area (TPSA) is 139 Å². The van der Waals surface area contributed by atoms with Crippen molar-refractivity contribution in [3.63, 3.8) is 0 Å². The lowest BCUT2D eigenvalue weighted by molar-refractivity contribution is -0.115. The van der Waals surface area contributed by atoms with Crippen molar-refractivity contribution in [2.45, 2.75) is 50.6 Å². The van der Waals surface area contributed by atoms with E-state index in [1.807, 2.05) is 78.9 Å². The van der Waals surface area contributed by atoms with Gasteiger partial charge in [-0.1, -0.05) is 172 Å². The second-order valence-electron chi connectivity index (χ2n) is 20.4. The smallest absolute Gasteiger partial charge is 0.266 e. The maximum absolute atomic E-state index is 13.5. The standard InChI is InChI=1S/C43H35N5O.C25H22N4O/c1-30(31-14-6-2-7-15-31)29-45-42(49)39-26-33-27-40-37(28-38(33)46-39)41(32-22-24-44-25-23-32)47-48(40)43(34-16-8-3-9-17-34,35-18-10-4-11-19-35)36-20-12-5-13-21-36;1-16(17-5-3-2-4-6-17)14-28-25(30)23-12-19-11-20-15-27-24(18-7-9-26-10-8-18)21(20)13-22(19)29-23/h2-25,27-28,30H,26,29H2,1H3,(H,45,49);2-11,13,16H,12,14-15H2,1H3,(H,28,30)/t30-;16-/m11/s1. The highest BCUT2D eigenvalue weighted by Gasteiger charge is 2.41. The first-order chi connectivity index (χ1) is 38.8. The van der Waals surface area contributed by atoms with E-state index in [2.05, 4.69) is 165 Å². The quantitative estimate of drug-likeness (QED) is 0.104. The van der Waals surface area contributed by atoms with E-state index in [1.165, 1.54) is 16.7 Å². The minimum absolute atomic E-state index is 0.0860. The van der Waals surface area contributed by atoms with Crippen LogP contribution in [0, 0.1) is 0 Å². The molecule has 0 bridgehead atoms. The van der Waals surface area contributed by atoms with Crippen LogP contribution in [0.15, 0.2) is 240 Å². The second kappa shape index (κ2) is 22.1. The predicted molar refractivity (Wildman–Crippen MR) is 315 cm³/mol. The summed E-state index contributed by atoms with van der Waals surface area (Å²) in [5.74, 6) is 0.221. The Morgan fingerprint density at radius 3 is 1.46 bits per heavy atom. The molecule has 0 spiro atoms. The molecule has 3 aromatic heterocycles. The van der Waals surface area contributed by atoms with E-state index in [4.69, 9.17) is 15.1 Å². The zero-order valence-corrected chi connectivity index (χ0v) is 44.0. The molecular weight excluding hydrogens is 975 g/mol. The number of hydrogen-bond donors (Lipinski definition) is 2. The van der Waals surface area contributed by atoms with Gasteiger partial charge in [0.05, 0.1) is 29.1 Å². The van der Waals surface area contributed by atoms with E-state index in [0.717, 1.165) is 78.2 Å². The molecule has 11 heteroatoms. The fourth-order valence-electron chi connectivity index (χ4n) is 11.1. The van der Waals surface area contributed by atoms with Crippen molar-refractivity contribution in [2.24, 2.45) is 15.0 Å². The summed E-state index contributed by atoms with van der Waals surface area (Å²) in [7, 11) is 0. The van der Waals surface area contributed by atoms with E-state index >= 15 is 0 Å². The van der Waals surface area contributed by atoms with E-state index in [1.54, 1.807) is 24.8 Å². The van der Waals surface area contributed by atoms with E-state index in [9.17, 15) is 9.59 Å². The van der Waals surface area contributed by atoms with Gasteiger partial charge in [-0.25, -0.2) is 14.7 Å². The molecule has 0 aliphatic carbocycles. The number of carbonyl (C=O) groups excluding carboxylic acids is 2. The Hall–Kier alpha value is -9.74. The Morgan fingerprint density at radius 1 is 0.519 bits per heavy atom. The first kappa shape index (κ1) is 50.1. The number of pyridine rings is 2. The van der Waals surface area contributed by atoms with Gasteiger partial charge in [0.25, 0.3) is 11.8 Å². The Morgan fingerprint density at radius 2 is 0.962 bits per heavy atom. The Balaban J connectivity index is 0.000000177. The molecule has 0 fully saturated rings. The van der Waals surface area contributed by atoms with Crippen LogP contribution in [0.5, 0.6) is 0 Å². The lowest BCUT2D eigenvalue weighted by Crippen LogP contribution is -2.38. The van der Waals surface area contributed by atoms with Gasteiger partial charge < -0.3 is 10.6 Å². The summed E-state index contributed by atoms with van der Waals surface area (Å²) >= 11 is 0. The number of benzene rings is 7.